The zero-order chi connectivity index (χ0) is 14.0. The van der Waals surface area contributed by atoms with Gasteiger partial charge in [-0.05, 0) is 17.2 Å². The smallest absolute Gasteiger partial charge is 0.231 e. The molecule has 0 radical (unpaired) electrons. The van der Waals surface area contributed by atoms with Crippen molar-refractivity contribution in [3.8, 4) is 0 Å². The fraction of sp³-hybridized carbons (Fsp3) is 0.429. The van der Waals surface area contributed by atoms with Gasteiger partial charge in [0.25, 0.3) is 0 Å². The van der Waals surface area contributed by atoms with Crippen LogP contribution in [0.15, 0.2) is 18.2 Å². The van der Waals surface area contributed by atoms with Crippen LogP contribution in [0.4, 0.5) is 5.69 Å². The highest BCUT2D eigenvalue weighted by Crippen LogP contribution is 2.28. The normalized spacial score (nSPS) is 13.6. The molecule has 1 aliphatic heterocycles. The van der Waals surface area contributed by atoms with Gasteiger partial charge in [-0.25, -0.2) is 0 Å². The number of nitrogens with zero attached hydrogens (tertiary/aromatic N) is 2. The molecule has 0 aromatic heterocycles. The first kappa shape index (κ1) is 13.5. The Morgan fingerprint density at radius 1 is 1.47 bits per heavy atom. The molecule has 0 saturated heterocycles. The number of rotatable bonds is 4. The molecule has 1 heterocycles. The molecule has 0 saturated carbocycles. The van der Waals surface area contributed by atoms with Crippen molar-refractivity contribution in [3.05, 3.63) is 29.3 Å². The fourth-order valence-electron chi connectivity index (χ4n) is 2.30. The largest absolute Gasteiger partial charge is 0.341 e. The second-order valence-corrected chi connectivity index (χ2v) is 4.88. The van der Waals surface area contributed by atoms with E-state index in [0.717, 1.165) is 16.8 Å². The maximum atomic E-state index is 11.7. The molecule has 0 fully saturated rings. The van der Waals surface area contributed by atoms with Crippen molar-refractivity contribution in [2.45, 2.75) is 19.4 Å². The van der Waals surface area contributed by atoms with Crippen LogP contribution in [0.25, 0.3) is 0 Å². The van der Waals surface area contributed by atoms with Gasteiger partial charge in [0.15, 0.2) is 0 Å². The van der Waals surface area contributed by atoms with Crippen molar-refractivity contribution in [2.75, 3.05) is 25.5 Å². The van der Waals surface area contributed by atoms with Crippen molar-refractivity contribution in [2.24, 2.45) is 5.73 Å². The molecule has 2 rings (SSSR count). The van der Waals surface area contributed by atoms with Gasteiger partial charge in [-0.2, -0.15) is 0 Å². The minimum absolute atomic E-state index is 0.0381. The summed E-state index contributed by atoms with van der Waals surface area (Å²) < 4.78 is 0. The van der Waals surface area contributed by atoms with Crippen molar-refractivity contribution in [3.63, 3.8) is 0 Å². The molecule has 1 aromatic rings. The summed E-state index contributed by atoms with van der Waals surface area (Å²) in [5.41, 5.74) is 8.41. The third-order valence-corrected chi connectivity index (χ3v) is 3.42. The van der Waals surface area contributed by atoms with E-state index in [9.17, 15) is 9.59 Å². The zero-order valence-electron chi connectivity index (χ0n) is 11.3. The van der Waals surface area contributed by atoms with Crippen molar-refractivity contribution in [1.82, 2.24) is 4.90 Å². The first-order valence-electron chi connectivity index (χ1n) is 6.35. The number of likely N-dealkylation sites (N-methyl/N-ethyl adjacent to an activating group) is 1. The Balaban J connectivity index is 2.10. The van der Waals surface area contributed by atoms with Crippen LogP contribution in [0.3, 0.4) is 0 Å². The van der Waals surface area contributed by atoms with Gasteiger partial charge in [0.05, 0.1) is 6.42 Å². The standard InChI is InChI=1S/C14H19N3O2/c1-16(13(18)5-6-15)9-10-3-4-12-11(7-10)8-14(19)17(12)2/h3-4,7H,5-6,8-9,15H2,1-2H3. The summed E-state index contributed by atoms with van der Waals surface area (Å²) in [6.07, 6.45) is 0.808. The third kappa shape index (κ3) is 2.76. The number of benzene rings is 1. The van der Waals surface area contributed by atoms with Crippen molar-refractivity contribution >= 4 is 17.5 Å². The van der Waals surface area contributed by atoms with Crippen LogP contribution in [0, 0.1) is 0 Å². The summed E-state index contributed by atoms with van der Waals surface area (Å²) in [6, 6.07) is 5.90. The number of fused-ring (bicyclic) bond motifs is 1. The van der Waals surface area contributed by atoms with Crippen molar-refractivity contribution < 1.29 is 9.59 Å². The van der Waals surface area contributed by atoms with Gasteiger partial charge in [0.2, 0.25) is 11.8 Å². The predicted octanol–water partition coefficient (Wildman–Crippen LogP) is 0.513. The quantitative estimate of drug-likeness (QED) is 0.859. The number of hydrogen-bond acceptors (Lipinski definition) is 3. The van der Waals surface area contributed by atoms with Crippen LogP contribution in [0.2, 0.25) is 0 Å². The molecule has 102 valence electrons. The number of carbonyl (C=O) groups excluding carboxylic acids is 2. The Kier molecular flexibility index (Phi) is 3.85. The predicted molar refractivity (Wildman–Crippen MR) is 73.7 cm³/mol. The van der Waals surface area contributed by atoms with E-state index in [2.05, 4.69) is 0 Å². The van der Waals surface area contributed by atoms with Gasteiger partial charge in [-0.3, -0.25) is 9.59 Å². The molecule has 1 aliphatic rings. The van der Waals surface area contributed by atoms with Crippen LogP contribution in [0.1, 0.15) is 17.5 Å². The molecular weight excluding hydrogens is 242 g/mol. The van der Waals surface area contributed by atoms with Crippen LogP contribution in [0.5, 0.6) is 0 Å². The van der Waals surface area contributed by atoms with E-state index >= 15 is 0 Å². The molecule has 0 spiro atoms. The van der Waals surface area contributed by atoms with Gasteiger partial charge in [-0.1, -0.05) is 12.1 Å². The molecular formula is C14H19N3O2. The Labute approximate surface area is 113 Å². The van der Waals surface area contributed by atoms with Crippen LogP contribution in [-0.2, 0) is 22.6 Å². The molecule has 2 amide bonds. The van der Waals surface area contributed by atoms with Crippen LogP contribution < -0.4 is 10.6 Å². The molecule has 2 N–H and O–H groups in total. The molecule has 5 heteroatoms. The molecule has 1 aromatic carbocycles. The highest BCUT2D eigenvalue weighted by atomic mass is 16.2. The molecule has 0 aliphatic carbocycles. The average Bonchev–Trinajstić information content (AvgIpc) is 2.65. The minimum Gasteiger partial charge on any atom is -0.341 e. The van der Waals surface area contributed by atoms with E-state index in [0.29, 0.717) is 25.9 Å². The second kappa shape index (κ2) is 5.40. The van der Waals surface area contributed by atoms with Crippen LogP contribution in [-0.4, -0.2) is 37.4 Å². The second-order valence-electron chi connectivity index (χ2n) is 4.88. The topological polar surface area (TPSA) is 66.6 Å². The van der Waals surface area contributed by atoms with Crippen molar-refractivity contribution in [1.29, 1.82) is 0 Å². The van der Waals surface area contributed by atoms with E-state index in [-0.39, 0.29) is 11.8 Å². The summed E-state index contributed by atoms with van der Waals surface area (Å²) >= 11 is 0. The lowest BCUT2D eigenvalue weighted by Gasteiger charge is -2.17. The number of amides is 2. The summed E-state index contributed by atoms with van der Waals surface area (Å²) in [7, 11) is 3.55. The Bertz CT molecular complexity index is 513. The first-order chi connectivity index (χ1) is 9.02. The van der Waals surface area contributed by atoms with E-state index < -0.39 is 0 Å². The molecule has 5 nitrogen and oxygen atoms in total. The Morgan fingerprint density at radius 3 is 2.89 bits per heavy atom. The van der Waals surface area contributed by atoms with E-state index in [1.165, 1.54) is 0 Å². The highest BCUT2D eigenvalue weighted by molar-refractivity contribution is 6.00. The molecule has 19 heavy (non-hydrogen) atoms. The summed E-state index contributed by atoms with van der Waals surface area (Å²) in [6.45, 7) is 0.913. The highest BCUT2D eigenvalue weighted by Gasteiger charge is 2.24. The Hall–Kier alpha value is -1.88. The van der Waals surface area contributed by atoms with E-state index in [1.807, 2.05) is 18.2 Å². The van der Waals surface area contributed by atoms with E-state index in [1.54, 1.807) is 23.9 Å². The van der Waals surface area contributed by atoms with Gasteiger partial charge in [0, 0.05) is 39.3 Å². The van der Waals surface area contributed by atoms with Gasteiger partial charge in [0.1, 0.15) is 0 Å². The third-order valence-electron chi connectivity index (χ3n) is 3.42. The summed E-state index contributed by atoms with van der Waals surface area (Å²) in [4.78, 5) is 26.6. The minimum atomic E-state index is 0.0381. The number of nitrogens with two attached hydrogens (primary N) is 1. The summed E-state index contributed by atoms with van der Waals surface area (Å²) in [5.74, 6) is 0.149. The number of hydrogen-bond donors (Lipinski definition) is 1. The van der Waals surface area contributed by atoms with Gasteiger partial charge >= 0.3 is 0 Å². The SMILES string of the molecule is CN(Cc1ccc2c(c1)CC(=O)N2C)C(=O)CCN. The Morgan fingerprint density at radius 2 is 2.21 bits per heavy atom. The van der Waals surface area contributed by atoms with Gasteiger partial charge in [-0.15, -0.1) is 0 Å². The zero-order valence-corrected chi connectivity index (χ0v) is 11.3. The number of carbonyl (C=O) groups is 2. The molecule has 0 unspecified atom stereocenters. The molecule has 0 bridgehead atoms. The van der Waals surface area contributed by atoms with Crippen LogP contribution >= 0.6 is 0 Å². The lowest BCUT2D eigenvalue weighted by Crippen LogP contribution is -2.27. The fourth-order valence-corrected chi connectivity index (χ4v) is 2.30. The average molecular weight is 261 g/mol. The monoisotopic (exact) mass is 261 g/mol. The van der Waals surface area contributed by atoms with E-state index in [4.69, 9.17) is 5.73 Å². The molecule has 0 atom stereocenters. The maximum absolute atomic E-state index is 11.7. The lowest BCUT2D eigenvalue weighted by atomic mass is 10.1. The lowest BCUT2D eigenvalue weighted by molar-refractivity contribution is -0.130. The van der Waals surface area contributed by atoms with Gasteiger partial charge < -0.3 is 15.5 Å². The number of anilines is 1. The summed E-state index contributed by atoms with van der Waals surface area (Å²) in [5, 5.41) is 0. The maximum Gasteiger partial charge on any atom is 0.231 e. The first-order valence-corrected chi connectivity index (χ1v) is 6.35.